The Balaban J connectivity index is 2.34. The lowest BCUT2D eigenvalue weighted by Gasteiger charge is -2.18. The number of rotatable bonds is 2. The highest BCUT2D eigenvalue weighted by atomic mass is 15.1. The molecule has 0 radical (unpaired) electrons. The van der Waals surface area contributed by atoms with E-state index >= 15 is 0 Å². The molecular weight excluding hydrogens is 194 g/mol. The standard InChI is InChI=1S/C15H21N/c1-16(2)15-12-8-7-11-14(15)13-9-5-3-4-6-10-13/h7-9,11-12H,3-6,10H2,1-2H3. The van der Waals surface area contributed by atoms with Crippen molar-refractivity contribution in [2.75, 3.05) is 19.0 Å². The van der Waals surface area contributed by atoms with Gasteiger partial charge in [0.25, 0.3) is 0 Å². The van der Waals surface area contributed by atoms with Gasteiger partial charge in [0.1, 0.15) is 0 Å². The van der Waals surface area contributed by atoms with Crippen LogP contribution in [0.4, 0.5) is 5.69 Å². The average molecular weight is 215 g/mol. The van der Waals surface area contributed by atoms with Gasteiger partial charge in [-0.05, 0) is 37.3 Å². The molecule has 0 heterocycles. The molecule has 0 bridgehead atoms. The fraction of sp³-hybridized carbons (Fsp3) is 0.467. The molecule has 2 rings (SSSR count). The summed E-state index contributed by atoms with van der Waals surface area (Å²) in [6.45, 7) is 0. The van der Waals surface area contributed by atoms with Crippen LogP contribution in [-0.2, 0) is 0 Å². The van der Waals surface area contributed by atoms with Crippen LogP contribution in [0.5, 0.6) is 0 Å². The van der Waals surface area contributed by atoms with Crippen molar-refractivity contribution in [3.8, 4) is 0 Å². The first-order valence-electron chi connectivity index (χ1n) is 6.25. The van der Waals surface area contributed by atoms with E-state index in [1.54, 1.807) is 5.57 Å². The Hall–Kier alpha value is -1.24. The second kappa shape index (κ2) is 5.20. The van der Waals surface area contributed by atoms with Crippen LogP contribution in [0.15, 0.2) is 30.3 Å². The van der Waals surface area contributed by atoms with Gasteiger partial charge in [-0.25, -0.2) is 0 Å². The van der Waals surface area contributed by atoms with Gasteiger partial charge in [0.05, 0.1) is 0 Å². The van der Waals surface area contributed by atoms with Crippen molar-refractivity contribution in [2.24, 2.45) is 0 Å². The summed E-state index contributed by atoms with van der Waals surface area (Å²) < 4.78 is 0. The fourth-order valence-electron chi connectivity index (χ4n) is 2.39. The Bertz CT molecular complexity index is 377. The Morgan fingerprint density at radius 3 is 2.62 bits per heavy atom. The molecule has 0 atom stereocenters. The van der Waals surface area contributed by atoms with E-state index < -0.39 is 0 Å². The zero-order valence-corrected chi connectivity index (χ0v) is 10.4. The Morgan fingerprint density at radius 2 is 1.81 bits per heavy atom. The Kier molecular flexibility index (Phi) is 3.66. The number of anilines is 1. The van der Waals surface area contributed by atoms with E-state index in [1.165, 1.54) is 43.4 Å². The minimum Gasteiger partial charge on any atom is -0.377 e. The third kappa shape index (κ3) is 2.46. The van der Waals surface area contributed by atoms with Crippen LogP contribution >= 0.6 is 0 Å². The Labute approximate surface area is 98.8 Å². The number of hydrogen-bond donors (Lipinski definition) is 0. The lowest BCUT2D eigenvalue weighted by molar-refractivity contribution is 0.720. The third-order valence-corrected chi connectivity index (χ3v) is 3.27. The molecule has 1 nitrogen and oxygen atoms in total. The molecule has 0 spiro atoms. The van der Waals surface area contributed by atoms with Crippen LogP contribution in [-0.4, -0.2) is 14.1 Å². The van der Waals surface area contributed by atoms with Gasteiger partial charge in [-0.3, -0.25) is 0 Å². The molecule has 0 aromatic heterocycles. The van der Waals surface area contributed by atoms with E-state index in [2.05, 4.69) is 49.3 Å². The first-order chi connectivity index (χ1) is 7.79. The molecule has 1 aliphatic rings. The van der Waals surface area contributed by atoms with Gasteiger partial charge in [-0.2, -0.15) is 0 Å². The van der Waals surface area contributed by atoms with Crippen molar-refractivity contribution >= 4 is 11.3 Å². The van der Waals surface area contributed by atoms with Crippen molar-refractivity contribution < 1.29 is 0 Å². The fourth-order valence-corrected chi connectivity index (χ4v) is 2.39. The molecule has 0 unspecified atom stereocenters. The number of hydrogen-bond acceptors (Lipinski definition) is 1. The topological polar surface area (TPSA) is 3.24 Å². The predicted molar refractivity (Wildman–Crippen MR) is 71.8 cm³/mol. The molecule has 16 heavy (non-hydrogen) atoms. The van der Waals surface area contributed by atoms with Crippen LogP contribution < -0.4 is 4.90 Å². The van der Waals surface area contributed by atoms with Gasteiger partial charge in [0.15, 0.2) is 0 Å². The largest absolute Gasteiger partial charge is 0.377 e. The summed E-state index contributed by atoms with van der Waals surface area (Å²) in [5.74, 6) is 0. The summed E-state index contributed by atoms with van der Waals surface area (Å²) in [7, 11) is 4.24. The van der Waals surface area contributed by atoms with Gasteiger partial charge in [0.2, 0.25) is 0 Å². The van der Waals surface area contributed by atoms with E-state index in [0.29, 0.717) is 0 Å². The molecule has 0 N–H and O–H groups in total. The molecule has 1 aromatic carbocycles. The summed E-state index contributed by atoms with van der Waals surface area (Å²) >= 11 is 0. The van der Waals surface area contributed by atoms with Gasteiger partial charge in [-0.15, -0.1) is 0 Å². The second-order valence-corrected chi connectivity index (χ2v) is 4.74. The number of para-hydroxylation sites is 1. The van der Waals surface area contributed by atoms with Crippen molar-refractivity contribution in [1.82, 2.24) is 0 Å². The molecule has 1 heteroatoms. The molecule has 86 valence electrons. The highest BCUT2D eigenvalue weighted by Crippen LogP contribution is 2.31. The molecule has 0 saturated heterocycles. The lowest BCUT2D eigenvalue weighted by Crippen LogP contribution is -2.10. The average Bonchev–Trinajstić information content (AvgIpc) is 2.57. The maximum absolute atomic E-state index is 2.44. The number of allylic oxidation sites excluding steroid dienone is 2. The molecule has 0 amide bonds. The summed E-state index contributed by atoms with van der Waals surface area (Å²) in [4.78, 5) is 2.21. The molecular formula is C15H21N. The summed E-state index contributed by atoms with van der Waals surface area (Å²) in [6.07, 6.45) is 9.00. The molecule has 0 saturated carbocycles. The summed E-state index contributed by atoms with van der Waals surface area (Å²) in [5, 5.41) is 0. The van der Waals surface area contributed by atoms with Crippen LogP contribution in [0.1, 0.15) is 37.7 Å². The molecule has 1 aliphatic carbocycles. The highest BCUT2D eigenvalue weighted by molar-refractivity contribution is 5.76. The minimum atomic E-state index is 1.24. The first-order valence-corrected chi connectivity index (χ1v) is 6.25. The van der Waals surface area contributed by atoms with Crippen LogP contribution in [0.3, 0.4) is 0 Å². The van der Waals surface area contributed by atoms with E-state index in [1.807, 2.05) is 0 Å². The van der Waals surface area contributed by atoms with Crippen LogP contribution in [0, 0.1) is 0 Å². The van der Waals surface area contributed by atoms with Crippen molar-refractivity contribution in [1.29, 1.82) is 0 Å². The quantitative estimate of drug-likeness (QED) is 0.718. The van der Waals surface area contributed by atoms with Crippen molar-refractivity contribution in [2.45, 2.75) is 32.1 Å². The van der Waals surface area contributed by atoms with Gasteiger partial charge >= 0.3 is 0 Å². The monoisotopic (exact) mass is 215 g/mol. The van der Waals surface area contributed by atoms with Crippen LogP contribution in [0.25, 0.3) is 5.57 Å². The van der Waals surface area contributed by atoms with E-state index in [9.17, 15) is 0 Å². The highest BCUT2D eigenvalue weighted by Gasteiger charge is 2.10. The van der Waals surface area contributed by atoms with Crippen molar-refractivity contribution in [3.63, 3.8) is 0 Å². The predicted octanol–water partition coefficient (Wildman–Crippen LogP) is 4.10. The Morgan fingerprint density at radius 1 is 1.00 bits per heavy atom. The second-order valence-electron chi connectivity index (χ2n) is 4.74. The van der Waals surface area contributed by atoms with Crippen molar-refractivity contribution in [3.05, 3.63) is 35.9 Å². The zero-order valence-electron chi connectivity index (χ0n) is 10.4. The van der Waals surface area contributed by atoms with Crippen LogP contribution in [0.2, 0.25) is 0 Å². The maximum atomic E-state index is 2.44. The van der Waals surface area contributed by atoms with E-state index in [4.69, 9.17) is 0 Å². The summed E-state index contributed by atoms with van der Waals surface area (Å²) in [5.41, 5.74) is 4.31. The maximum Gasteiger partial charge on any atom is 0.0437 e. The number of benzene rings is 1. The lowest BCUT2D eigenvalue weighted by atomic mass is 9.99. The third-order valence-electron chi connectivity index (χ3n) is 3.27. The zero-order chi connectivity index (χ0) is 11.4. The molecule has 0 aliphatic heterocycles. The van der Waals surface area contributed by atoms with E-state index in [-0.39, 0.29) is 0 Å². The SMILES string of the molecule is CN(C)c1ccccc1C1=CCCCCC1. The molecule has 1 aromatic rings. The van der Waals surface area contributed by atoms with Gasteiger partial charge < -0.3 is 4.90 Å². The van der Waals surface area contributed by atoms with Gasteiger partial charge in [0, 0.05) is 25.3 Å². The smallest absolute Gasteiger partial charge is 0.0437 e. The minimum absolute atomic E-state index is 1.24. The number of nitrogens with zero attached hydrogens (tertiary/aromatic N) is 1. The first kappa shape index (κ1) is 11.3. The van der Waals surface area contributed by atoms with E-state index in [0.717, 1.165) is 0 Å². The summed E-state index contributed by atoms with van der Waals surface area (Å²) in [6, 6.07) is 8.73. The normalized spacial score (nSPS) is 16.5. The molecule has 0 fully saturated rings. The van der Waals surface area contributed by atoms with Gasteiger partial charge in [-0.1, -0.05) is 30.7 Å².